The van der Waals surface area contributed by atoms with Gasteiger partial charge in [-0.1, -0.05) is 11.3 Å². The third-order valence-electron chi connectivity index (χ3n) is 0.874. The maximum atomic E-state index is 10.4. The molecule has 1 N–H and O–H groups in total. The minimum atomic E-state index is -0.105. The van der Waals surface area contributed by atoms with Crippen molar-refractivity contribution in [1.29, 1.82) is 0 Å². The first kappa shape index (κ1) is 6.22. The van der Waals surface area contributed by atoms with E-state index in [9.17, 15) is 9.59 Å². The van der Waals surface area contributed by atoms with Gasteiger partial charge in [-0.15, -0.1) is 0 Å². The third kappa shape index (κ3) is 1.50. The molecule has 0 aliphatic rings. The highest BCUT2D eigenvalue weighted by Gasteiger charge is 1.92. The van der Waals surface area contributed by atoms with Crippen molar-refractivity contribution in [3.63, 3.8) is 0 Å². The summed E-state index contributed by atoms with van der Waals surface area (Å²) in [4.78, 5) is 22.7. The monoisotopic (exact) mass is 143 g/mol. The summed E-state index contributed by atoms with van der Waals surface area (Å²) in [5.74, 6) is 0. The number of aldehydes is 1. The minimum Gasteiger partial charge on any atom is -0.316 e. The van der Waals surface area contributed by atoms with Gasteiger partial charge in [0.15, 0.2) is 0 Å². The molecule has 0 bridgehead atoms. The second-order valence-corrected chi connectivity index (χ2v) is 2.39. The Morgan fingerprint density at radius 1 is 1.78 bits per heavy atom. The van der Waals surface area contributed by atoms with Crippen molar-refractivity contribution in [3.05, 3.63) is 20.7 Å². The van der Waals surface area contributed by atoms with E-state index in [2.05, 4.69) is 4.98 Å². The normalized spacial score (nSPS) is 9.33. The molecule has 1 aromatic rings. The first-order valence-corrected chi connectivity index (χ1v) is 3.31. The van der Waals surface area contributed by atoms with Crippen LogP contribution in [0.3, 0.4) is 0 Å². The lowest BCUT2D eigenvalue weighted by atomic mass is 10.4. The number of aromatic amines is 1. The summed E-state index contributed by atoms with van der Waals surface area (Å²) in [5.41, 5.74) is 0.694. The molecule has 0 atom stereocenters. The van der Waals surface area contributed by atoms with Crippen LogP contribution in [0.15, 0.2) is 10.2 Å². The number of carbonyl (C=O) groups excluding carboxylic acids is 1. The fraction of sp³-hybridized carbons (Fsp3) is 0.200. The van der Waals surface area contributed by atoms with Gasteiger partial charge in [0.25, 0.3) is 0 Å². The van der Waals surface area contributed by atoms with E-state index >= 15 is 0 Å². The standard InChI is InChI=1S/C5H5NO2S/c7-2-1-4-3-9-5(8)6-4/h2-3H,1H2,(H,6,8). The highest BCUT2D eigenvalue weighted by atomic mass is 32.1. The van der Waals surface area contributed by atoms with Crippen LogP contribution < -0.4 is 4.87 Å². The zero-order valence-electron chi connectivity index (χ0n) is 4.59. The molecule has 0 saturated heterocycles. The number of aromatic nitrogens is 1. The van der Waals surface area contributed by atoms with Gasteiger partial charge in [-0.3, -0.25) is 4.79 Å². The Morgan fingerprint density at radius 2 is 2.56 bits per heavy atom. The predicted molar refractivity (Wildman–Crippen MR) is 34.7 cm³/mol. The van der Waals surface area contributed by atoms with E-state index in [1.54, 1.807) is 5.38 Å². The molecule has 1 heterocycles. The zero-order chi connectivity index (χ0) is 6.69. The fourth-order valence-corrected chi connectivity index (χ4v) is 1.10. The van der Waals surface area contributed by atoms with Gasteiger partial charge in [0.05, 0.1) is 0 Å². The molecular weight excluding hydrogens is 138 g/mol. The SMILES string of the molecule is O=CCc1csc(=O)[nH]1. The van der Waals surface area contributed by atoms with Gasteiger partial charge in [-0.2, -0.15) is 0 Å². The van der Waals surface area contributed by atoms with E-state index in [4.69, 9.17) is 0 Å². The Labute approximate surface area is 55.3 Å². The van der Waals surface area contributed by atoms with E-state index in [1.807, 2.05) is 0 Å². The summed E-state index contributed by atoms with van der Waals surface area (Å²) in [6, 6.07) is 0. The van der Waals surface area contributed by atoms with Crippen LogP contribution in [0, 0.1) is 0 Å². The Hall–Kier alpha value is -0.900. The van der Waals surface area contributed by atoms with Crippen LogP contribution in [-0.2, 0) is 11.2 Å². The highest BCUT2D eigenvalue weighted by molar-refractivity contribution is 7.07. The van der Waals surface area contributed by atoms with E-state index in [0.717, 1.165) is 17.6 Å². The molecule has 4 heteroatoms. The average molecular weight is 143 g/mol. The first-order chi connectivity index (χ1) is 4.33. The van der Waals surface area contributed by atoms with Crippen molar-refractivity contribution in [1.82, 2.24) is 4.98 Å². The Balaban J connectivity index is 2.84. The number of nitrogens with one attached hydrogen (secondary N) is 1. The summed E-state index contributed by atoms with van der Waals surface area (Å²) in [6.07, 6.45) is 1.07. The summed E-state index contributed by atoms with van der Waals surface area (Å²) >= 11 is 1.07. The summed E-state index contributed by atoms with van der Waals surface area (Å²) < 4.78 is 0. The van der Waals surface area contributed by atoms with Crippen LogP contribution in [0.1, 0.15) is 5.69 Å². The van der Waals surface area contributed by atoms with E-state index in [-0.39, 0.29) is 4.87 Å². The maximum Gasteiger partial charge on any atom is 0.304 e. The third-order valence-corrected chi connectivity index (χ3v) is 1.59. The van der Waals surface area contributed by atoms with Crippen molar-refractivity contribution in [2.75, 3.05) is 0 Å². The van der Waals surface area contributed by atoms with Crippen LogP contribution in [0.4, 0.5) is 0 Å². The largest absolute Gasteiger partial charge is 0.316 e. The Kier molecular flexibility index (Phi) is 1.79. The van der Waals surface area contributed by atoms with E-state index < -0.39 is 0 Å². The molecule has 9 heavy (non-hydrogen) atoms. The maximum absolute atomic E-state index is 10.4. The van der Waals surface area contributed by atoms with Crippen molar-refractivity contribution in [2.45, 2.75) is 6.42 Å². The van der Waals surface area contributed by atoms with Crippen molar-refractivity contribution < 1.29 is 4.79 Å². The molecule has 48 valence electrons. The van der Waals surface area contributed by atoms with Crippen molar-refractivity contribution in [3.8, 4) is 0 Å². The summed E-state index contributed by atoms with van der Waals surface area (Å²) in [6.45, 7) is 0. The molecule has 0 fully saturated rings. The number of rotatable bonds is 2. The van der Waals surface area contributed by atoms with Crippen LogP contribution in [0.25, 0.3) is 0 Å². The molecule has 0 spiro atoms. The smallest absolute Gasteiger partial charge is 0.304 e. The van der Waals surface area contributed by atoms with Gasteiger partial charge in [0.1, 0.15) is 6.29 Å². The fourth-order valence-electron chi connectivity index (χ4n) is 0.504. The number of H-pyrrole nitrogens is 1. The zero-order valence-corrected chi connectivity index (χ0v) is 5.40. The molecule has 3 nitrogen and oxygen atoms in total. The lowest BCUT2D eigenvalue weighted by Gasteiger charge is -1.79. The molecular formula is C5H5NO2S. The van der Waals surface area contributed by atoms with Gasteiger partial charge >= 0.3 is 4.87 Å². The second-order valence-electron chi connectivity index (χ2n) is 1.54. The second kappa shape index (κ2) is 2.59. The topological polar surface area (TPSA) is 49.9 Å². The van der Waals surface area contributed by atoms with Crippen LogP contribution in [-0.4, -0.2) is 11.3 Å². The minimum absolute atomic E-state index is 0.105. The van der Waals surface area contributed by atoms with Crippen LogP contribution >= 0.6 is 11.3 Å². The first-order valence-electron chi connectivity index (χ1n) is 2.43. The van der Waals surface area contributed by atoms with Crippen molar-refractivity contribution >= 4 is 17.6 Å². The number of hydrogen-bond donors (Lipinski definition) is 1. The molecule has 0 radical (unpaired) electrons. The van der Waals surface area contributed by atoms with Gasteiger partial charge in [0.2, 0.25) is 0 Å². The molecule has 0 unspecified atom stereocenters. The van der Waals surface area contributed by atoms with Gasteiger partial charge in [-0.05, 0) is 0 Å². The molecule has 0 amide bonds. The number of hydrogen-bond acceptors (Lipinski definition) is 3. The summed E-state index contributed by atoms with van der Waals surface area (Å²) in [5, 5.41) is 1.65. The van der Waals surface area contributed by atoms with Crippen molar-refractivity contribution in [2.24, 2.45) is 0 Å². The van der Waals surface area contributed by atoms with Gasteiger partial charge < -0.3 is 9.78 Å². The van der Waals surface area contributed by atoms with Crippen LogP contribution in [0.5, 0.6) is 0 Å². The molecule has 0 aliphatic heterocycles. The molecule has 1 rings (SSSR count). The van der Waals surface area contributed by atoms with Gasteiger partial charge in [-0.25, -0.2) is 0 Å². The van der Waals surface area contributed by atoms with Gasteiger partial charge in [0, 0.05) is 17.5 Å². The Morgan fingerprint density at radius 3 is 3.00 bits per heavy atom. The van der Waals surface area contributed by atoms with E-state index in [1.165, 1.54) is 0 Å². The quantitative estimate of drug-likeness (QED) is 0.600. The molecule has 0 aromatic carbocycles. The molecule has 1 aromatic heterocycles. The predicted octanol–water partition coefficient (Wildman–Crippen LogP) is 0.178. The molecule has 0 saturated carbocycles. The average Bonchev–Trinajstić information content (AvgIpc) is 2.17. The van der Waals surface area contributed by atoms with Crippen LogP contribution in [0.2, 0.25) is 0 Å². The van der Waals surface area contributed by atoms with E-state index in [0.29, 0.717) is 12.1 Å². The lowest BCUT2D eigenvalue weighted by Crippen LogP contribution is -1.95. The number of carbonyl (C=O) groups is 1. The Bertz CT molecular complexity index is 249. The summed E-state index contributed by atoms with van der Waals surface area (Å²) in [7, 11) is 0. The highest BCUT2D eigenvalue weighted by Crippen LogP contribution is 1.93. The lowest BCUT2D eigenvalue weighted by molar-refractivity contribution is -0.107. The number of thiazole rings is 1. The molecule has 0 aliphatic carbocycles.